The lowest BCUT2D eigenvalue weighted by Gasteiger charge is -2.24. The minimum atomic E-state index is -0.919. The molecule has 0 aliphatic carbocycles. The van der Waals surface area contributed by atoms with Gasteiger partial charge in [0.15, 0.2) is 0 Å². The predicted molar refractivity (Wildman–Crippen MR) is 105 cm³/mol. The number of hydrogen-bond acceptors (Lipinski definition) is 7. The maximum Gasteiger partial charge on any atom is 0.262 e. The molecule has 2 N–H and O–H groups in total. The molecule has 1 atom stereocenters. The molecule has 1 aromatic carbocycles. The van der Waals surface area contributed by atoms with E-state index in [9.17, 15) is 14.4 Å². The number of imide groups is 1. The molecule has 3 rings (SSSR count). The third-order valence-corrected chi connectivity index (χ3v) is 5.39. The maximum absolute atomic E-state index is 12.9. The SMILES string of the molecule is CCSc1n[nH]c(NC(=O)C(CCSC)N2C(=O)c3ccccc3C2=O)n1. The van der Waals surface area contributed by atoms with Crippen LogP contribution in [0.1, 0.15) is 34.1 Å². The quantitative estimate of drug-likeness (QED) is 0.512. The second kappa shape index (κ2) is 8.57. The number of anilines is 1. The van der Waals surface area contributed by atoms with Gasteiger partial charge in [-0.1, -0.05) is 30.8 Å². The zero-order valence-corrected chi connectivity index (χ0v) is 16.5. The van der Waals surface area contributed by atoms with Gasteiger partial charge in [-0.05, 0) is 36.3 Å². The topological polar surface area (TPSA) is 108 Å². The molecule has 3 amide bonds. The Morgan fingerprint density at radius 1 is 1.26 bits per heavy atom. The van der Waals surface area contributed by atoms with E-state index in [0.29, 0.717) is 28.5 Å². The van der Waals surface area contributed by atoms with Crippen LogP contribution in [-0.2, 0) is 4.79 Å². The minimum absolute atomic E-state index is 0.196. The number of rotatable bonds is 8. The summed E-state index contributed by atoms with van der Waals surface area (Å²) in [7, 11) is 0. The number of benzene rings is 1. The maximum atomic E-state index is 12.9. The molecule has 0 bridgehead atoms. The average molecular weight is 406 g/mol. The Bertz CT molecular complexity index is 835. The van der Waals surface area contributed by atoms with Gasteiger partial charge in [-0.2, -0.15) is 16.7 Å². The van der Waals surface area contributed by atoms with Crippen molar-refractivity contribution in [3.63, 3.8) is 0 Å². The fourth-order valence-electron chi connectivity index (χ4n) is 2.79. The van der Waals surface area contributed by atoms with Crippen LogP contribution in [0.25, 0.3) is 0 Å². The Labute approximate surface area is 164 Å². The number of hydrogen-bond donors (Lipinski definition) is 2. The van der Waals surface area contributed by atoms with E-state index in [4.69, 9.17) is 0 Å². The highest BCUT2D eigenvalue weighted by atomic mass is 32.2. The van der Waals surface area contributed by atoms with Crippen LogP contribution in [0, 0.1) is 0 Å². The number of amides is 3. The lowest BCUT2D eigenvalue weighted by molar-refractivity contribution is -0.120. The van der Waals surface area contributed by atoms with Crippen LogP contribution in [0.2, 0.25) is 0 Å². The van der Waals surface area contributed by atoms with Gasteiger partial charge in [-0.15, -0.1) is 5.10 Å². The monoisotopic (exact) mass is 405 g/mol. The zero-order chi connectivity index (χ0) is 19.4. The molecular weight excluding hydrogens is 386 g/mol. The number of aromatic amines is 1. The van der Waals surface area contributed by atoms with E-state index < -0.39 is 23.8 Å². The van der Waals surface area contributed by atoms with Crippen LogP contribution < -0.4 is 5.32 Å². The van der Waals surface area contributed by atoms with Gasteiger partial charge in [0.25, 0.3) is 11.8 Å². The Kier molecular flexibility index (Phi) is 6.17. The molecule has 27 heavy (non-hydrogen) atoms. The van der Waals surface area contributed by atoms with E-state index in [2.05, 4.69) is 20.5 Å². The minimum Gasteiger partial charge on any atom is -0.293 e. The van der Waals surface area contributed by atoms with Crippen LogP contribution >= 0.6 is 23.5 Å². The summed E-state index contributed by atoms with van der Waals surface area (Å²) < 4.78 is 0. The summed E-state index contributed by atoms with van der Waals surface area (Å²) in [6, 6.07) is 5.68. The number of thioether (sulfide) groups is 2. The number of nitrogens with one attached hydrogen (secondary N) is 2. The first-order chi connectivity index (χ1) is 13.1. The summed E-state index contributed by atoms with van der Waals surface area (Å²) in [6.07, 6.45) is 2.26. The molecule has 0 fully saturated rings. The number of carbonyl (C=O) groups is 3. The van der Waals surface area contributed by atoms with Crippen LogP contribution in [0.5, 0.6) is 0 Å². The summed E-state index contributed by atoms with van der Waals surface area (Å²) in [5.74, 6) is 0.257. The van der Waals surface area contributed by atoms with E-state index in [1.807, 2.05) is 13.2 Å². The molecule has 2 aromatic rings. The van der Waals surface area contributed by atoms with Crippen LogP contribution in [0.15, 0.2) is 29.4 Å². The molecule has 2 heterocycles. The summed E-state index contributed by atoms with van der Waals surface area (Å²) in [5, 5.41) is 9.82. The Morgan fingerprint density at radius 2 is 1.93 bits per heavy atom. The molecule has 1 aliphatic heterocycles. The van der Waals surface area contributed by atoms with Crippen molar-refractivity contribution in [2.45, 2.75) is 24.5 Å². The molecular formula is C17H19N5O3S2. The third-order valence-electron chi connectivity index (χ3n) is 4.02. The highest BCUT2D eigenvalue weighted by Gasteiger charge is 2.42. The first-order valence-electron chi connectivity index (χ1n) is 8.38. The second-order valence-electron chi connectivity index (χ2n) is 5.71. The van der Waals surface area contributed by atoms with Crippen LogP contribution in [0.4, 0.5) is 5.95 Å². The van der Waals surface area contributed by atoms with Crippen molar-refractivity contribution >= 4 is 47.2 Å². The van der Waals surface area contributed by atoms with Gasteiger partial charge in [0.05, 0.1) is 11.1 Å². The lowest BCUT2D eigenvalue weighted by Crippen LogP contribution is -2.47. The molecule has 142 valence electrons. The van der Waals surface area contributed by atoms with Crippen molar-refractivity contribution in [3.05, 3.63) is 35.4 Å². The normalized spacial score (nSPS) is 14.4. The van der Waals surface area contributed by atoms with Crippen molar-refractivity contribution < 1.29 is 14.4 Å². The zero-order valence-electron chi connectivity index (χ0n) is 14.9. The summed E-state index contributed by atoms with van der Waals surface area (Å²) >= 11 is 2.98. The van der Waals surface area contributed by atoms with Crippen molar-refractivity contribution in [2.75, 3.05) is 23.1 Å². The number of aromatic nitrogens is 3. The molecule has 0 radical (unpaired) electrons. The van der Waals surface area contributed by atoms with E-state index >= 15 is 0 Å². The van der Waals surface area contributed by atoms with Crippen molar-refractivity contribution in [1.82, 2.24) is 20.1 Å². The molecule has 10 heteroatoms. The fraction of sp³-hybridized carbons (Fsp3) is 0.353. The predicted octanol–water partition coefficient (Wildman–Crippen LogP) is 2.27. The standard InChI is InChI=1S/C17H19N5O3S2/c1-3-27-17-19-16(20-21-17)18-13(23)12(8-9-26-2)22-14(24)10-6-4-5-7-11(10)15(22)25/h4-7,12H,3,8-9H2,1-2H3,(H2,18,19,20,21,23). The van der Waals surface area contributed by atoms with Crippen molar-refractivity contribution in [3.8, 4) is 0 Å². The number of fused-ring (bicyclic) bond motifs is 1. The molecule has 0 spiro atoms. The van der Waals surface area contributed by atoms with Gasteiger partial charge in [-0.3, -0.25) is 24.6 Å². The first kappa shape index (κ1) is 19.4. The van der Waals surface area contributed by atoms with Gasteiger partial charge in [0.1, 0.15) is 6.04 Å². The number of H-pyrrole nitrogens is 1. The number of carbonyl (C=O) groups excluding carboxylic acids is 3. The molecule has 8 nitrogen and oxygen atoms in total. The Balaban J connectivity index is 1.82. The van der Waals surface area contributed by atoms with Gasteiger partial charge in [0, 0.05) is 0 Å². The molecule has 1 unspecified atom stereocenters. The second-order valence-corrected chi connectivity index (χ2v) is 7.93. The van der Waals surface area contributed by atoms with Gasteiger partial charge >= 0.3 is 0 Å². The highest BCUT2D eigenvalue weighted by Crippen LogP contribution is 2.26. The smallest absolute Gasteiger partial charge is 0.262 e. The lowest BCUT2D eigenvalue weighted by atomic mass is 10.1. The third kappa shape index (κ3) is 4.01. The molecule has 0 saturated carbocycles. The van der Waals surface area contributed by atoms with E-state index in [1.165, 1.54) is 11.8 Å². The summed E-state index contributed by atoms with van der Waals surface area (Å²) in [5.41, 5.74) is 0.650. The van der Waals surface area contributed by atoms with Crippen LogP contribution in [0.3, 0.4) is 0 Å². The molecule has 1 aliphatic rings. The Morgan fingerprint density at radius 3 is 2.52 bits per heavy atom. The average Bonchev–Trinajstić information content (AvgIpc) is 3.20. The van der Waals surface area contributed by atoms with E-state index in [-0.39, 0.29) is 5.95 Å². The van der Waals surface area contributed by atoms with Gasteiger partial charge in [0.2, 0.25) is 17.0 Å². The highest BCUT2D eigenvalue weighted by molar-refractivity contribution is 7.99. The van der Waals surface area contributed by atoms with Crippen molar-refractivity contribution in [1.29, 1.82) is 0 Å². The number of nitrogens with zero attached hydrogens (tertiary/aromatic N) is 3. The van der Waals surface area contributed by atoms with E-state index in [1.54, 1.807) is 36.0 Å². The fourth-order valence-corrected chi connectivity index (χ4v) is 3.78. The van der Waals surface area contributed by atoms with Gasteiger partial charge in [-0.25, -0.2) is 5.10 Å². The summed E-state index contributed by atoms with van der Waals surface area (Å²) in [6.45, 7) is 1.97. The molecule has 1 aromatic heterocycles. The summed E-state index contributed by atoms with van der Waals surface area (Å²) in [4.78, 5) is 43.6. The first-order valence-corrected chi connectivity index (χ1v) is 10.8. The largest absolute Gasteiger partial charge is 0.293 e. The Hall–Kier alpha value is -2.33. The van der Waals surface area contributed by atoms with Gasteiger partial charge < -0.3 is 0 Å². The van der Waals surface area contributed by atoms with Crippen molar-refractivity contribution in [2.24, 2.45) is 0 Å². The molecule has 0 saturated heterocycles. The van der Waals surface area contributed by atoms with Crippen LogP contribution in [-0.4, -0.2) is 61.6 Å². The van der Waals surface area contributed by atoms with E-state index in [0.717, 1.165) is 10.7 Å².